The van der Waals surface area contributed by atoms with Crippen molar-refractivity contribution in [2.75, 3.05) is 20.8 Å². The van der Waals surface area contributed by atoms with Crippen molar-refractivity contribution < 1.29 is 19.5 Å². The van der Waals surface area contributed by atoms with Gasteiger partial charge in [0.25, 0.3) is 5.70 Å². The molecule has 1 aromatic rings. The molecule has 0 aliphatic rings. The number of hydrogen-bond donors (Lipinski definition) is 1. The van der Waals surface area contributed by atoms with Gasteiger partial charge in [-0.2, -0.15) is 0 Å². The SMILES string of the molecule is CCCCCc1cc(OC)c(/C=C(\CO)[N+](=O)[O-])cc1OC. The highest BCUT2D eigenvalue weighted by atomic mass is 16.6. The molecule has 0 aliphatic heterocycles. The van der Waals surface area contributed by atoms with Gasteiger partial charge in [0.15, 0.2) is 0 Å². The number of benzene rings is 1. The Balaban J connectivity index is 3.21. The van der Waals surface area contributed by atoms with E-state index >= 15 is 0 Å². The number of methoxy groups -OCH3 is 2. The molecule has 0 saturated carbocycles. The summed E-state index contributed by atoms with van der Waals surface area (Å²) in [5.74, 6) is 1.20. The fourth-order valence-corrected chi connectivity index (χ4v) is 2.19. The molecule has 0 amide bonds. The monoisotopic (exact) mass is 309 g/mol. The van der Waals surface area contributed by atoms with Crippen LogP contribution >= 0.6 is 0 Å². The predicted molar refractivity (Wildman–Crippen MR) is 84.8 cm³/mol. The second-order valence-electron chi connectivity index (χ2n) is 4.91. The zero-order valence-electron chi connectivity index (χ0n) is 13.3. The Morgan fingerprint density at radius 2 is 1.95 bits per heavy atom. The number of unbranched alkanes of at least 4 members (excludes halogenated alkanes) is 2. The highest BCUT2D eigenvalue weighted by Gasteiger charge is 2.14. The van der Waals surface area contributed by atoms with E-state index in [0.29, 0.717) is 17.1 Å². The van der Waals surface area contributed by atoms with Gasteiger partial charge >= 0.3 is 0 Å². The van der Waals surface area contributed by atoms with Crippen molar-refractivity contribution in [1.29, 1.82) is 0 Å². The van der Waals surface area contributed by atoms with Gasteiger partial charge in [0.05, 0.1) is 19.1 Å². The summed E-state index contributed by atoms with van der Waals surface area (Å²) in [7, 11) is 3.08. The third kappa shape index (κ3) is 4.73. The van der Waals surface area contributed by atoms with Crippen LogP contribution in [0.4, 0.5) is 0 Å². The highest BCUT2D eigenvalue weighted by Crippen LogP contribution is 2.31. The summed E-state index contributed by atoms with van der Waals surface area (Å²) < 4.78 is 10.7. The quantitative estimate of drug-likeness (QED) is 0.431. The van der Waals surface area contributed by atoms with E-state index in [1.54, 1.807) is 13.2 Å². The first-order chi connectivity index (χ1) is 10.6. The van der Waals surface area contributed by atoms with Crippen LogP contribution in [0.15, 0.2) is 17.8 Å². The van der Waals surface area contributed by atoms with Crippen molar-refractivity contribution in [2.45, 2.75) is 32.6 Å². The molecule has 0 aliphatic carbocycles. The van der Waals surface area contributed by atoms with Gasteiger partial charge in [-0.3, -0.25) is 10.1 Å². The van der Waals surface area contributed by atoms with Gasteiger partial charge in [-0.15, -0.1) is 0 Å². The molecule has 0 aromatic heterocycles. The maximum Gasteiger partial charge on any atom is 0.272 e. The molecule has 0 radical (unpaired) electrons. The van der Waals surface area contributed by atoms with Gasteiger partial charge in [-0.25, -0.2) is 0 Å². The van der Waals surface area contributed by atoms with Gasteiger partial charge in [0.2, 0.25) is 0 Å². The maximum absolute atomic E-state index is 10.8. The van der Waals surface area contributed by atoms with Crippen molar-refractivity contribution in [3.8, 4) is 11.5 Å². The lowest BCUT2D eigenvalue weighted by Gasteiger charge is -2.13. The Hall–Kier alpha value is -2.08. The number of hydrogen-bond acceptors (Lipinski definition) is 5. The molecule has 22 heavy (non-hydrogen) atoms. The van der Waals surface area contributed by atoms with Gasteiger partial charge in [-0.1, -0.05) is 19.8 Å². The van der Waals surface area contributed by atoms with Crippen LogP contribution < -0.4 is 9.47 Å². The average molecular weight is 309 g/mol. The third-order valence-electron chi connectivity index (χ3n) is 3.40. The lowest BCUT2D eigenvalue weighted by Crippen LogP contribution is -2.04. The summed E-state index contributed by atoms with van der Waals surface area (Å²) in [4.78, 5) is 10.2. The summed E-state index contributed by atoms with van der Waals surface area (Å²) >= 11 is 0. The summed E-state index contributed by atoms with van der Waals surface area (Å²) in [6, 6.07) is 3.55. The number of ether oxygens (including phenoxy) is 2. The summed E-state index contributed by atoms with van der Waals surface area (Å²) in [6.45, 7) is 1.50. The van der Waals surface area contributed by atoms with Crippen LogP contribution in [-0.4, -0.2) is 30.9 Å². The highest BCUT2D eigenvalue weighted by molar-refractivity contribution is 5.62. The van der Waals surface area contributed by atoms with Crippen LogP contribution in [0.25, 0.3) is 6.08 Å². The number of aliphatic hydroxyl groups is 1. The Labute approximate surface area is 130 Å². The van der Waals surface area contributed by atoms with E-state index in [-0.39, 0.29) is 5.70 Å². The van der Waals surface area contributed by atoms with Crippen molar-refractivity contribution in [1.82, 2.24) is 0 Å². The lowest BCUT2D eigenvalue weighted by molar-refractivity contribution is -0.428. The van der Waals surface area contributed by atoms with Crippen LogP contribution in [0.3, 0.4) is 0 Å². The smallest absolute Gasteiger partial charge is 0.272 e. The lowest BCUT2D eigenvalue weighted by atomic mass is 10.0. The topological polar surface area (TPSA) is 81.8 Å². The van der Waals surface area contributed by atoms with E-state index in [4.69, 9.17) is 14.6 Å². The average Bonchev–Trinajstić information content (AvgIpc) is 2.52. The number of aliphatic hydroxyl groups excluding tert-OH is 1. The number of nitrogens with zero attached hydrogens (tertiary/aromatic N) is 1. The summed E-state index contributed by atoms with van der Waals surface area (Å²) in [6.07, 6.45) is 5.46. The Kier molecular flexibility index (Phi) is 7.39. The minimum Gasteiger partial charge on any atom is -0.496 e. The van der Waals surface area contributed by atoms with Gasteiger partial charge in [-0.05, 0) is 30.5 Å². The van der Waals surface area contributed by atoms with E-state index in [9.17, 15) is 10.1 Å². The minimum absolute atomic E-state index is 0.293. The number of nitro groups is 1. The molecule has 0 spiro atoms. The van der Waals surface area contributed by atoms with Crippen molar-refractivity contribution in [3.05, 3.63) is 39.1 Å². The van der Waals surface area contributed by atoms with Crippen LogP contribution in [0.2, 0.25) is 0 Å². The fourth-order valence-electron chi connectivity index (χ4n) is 2.19. The van der Waals surface area contributed by atoms with Crippen molar-refractivity contribution in [3.63, 3.8) is 0 Å². The largest absolute Gasteiger partial charge is 0.496 e. The normalized spacial score (nSPS) is 11.4. The molecule has 1 N–H and O–H groups in total. The zero-order chi connectivity index (χ0) is 16.5. The van der Waals surface area contributed by atoms with E-state index in [1.807, 2.05) is 6.07 Å². The number of rotatable bonds is 9. The third-order valence-corrected chi connectivity index (χ3v) is 3.40. The molecule has 6 heteroatoms. The molecule has 122 valence electrons. The van der Waals surface area contributed by atoms with E-state index in [1.165, 1.54) is 13.2 Å². The van der Waals surface area contributed by atoms with Crippen molar-refractivity contribution >= 4 is 6.08 Å². The molecule has 1 aromatic carbocycles. The molecular weight excluding hydrogens is 286 g/mol. The van der Waals surface area contributed by atoms with E-state index in [0.717, 1.165) is 31.2 Å². The number of aryl methyl sites for hydroxylation is 1. The van der Waals surface area contributed by atoms with Crippen LogP contribution in [0.1, 0.15) is 37.3 Å². The summed E-state index contributed by atoms with van der Waals surface area (Å²) in [5, 5.41) is 19.9. The van der Waals surface area contributed by atoms with Gasteiger partial charge in [0.1, 0.15) is 18.1 Å². The predicted octanol–water partition coefficient (Wildman–Crippen LogP) is 3.05. The van der Waals surface area contributed by atoms with Gasteiger partial charge < -0.3 is 14.6 Å². The van der Waals surface area contributed by atoms with E-state index < -0.39 is 11.5 Å². The Morgan fingerprint density at radius 3 is 2.45 bits per heavy atom. The molecular formula is C16H23NO5. The Bertz CT molecular complexity index is 540. The first-order valence-corrected chi connectivity index (χ1v) is 7.28. The molecule has 0 atom stereocenters. The second kappa shape index (κ2) is 9.04. The molecule has 0 saturated heterocycles. The second-order valence-corrected chi connectivity index (χ2v) is 4.91. The van der Waals surface area contributed by atoms with E-state index in [2.05, 4.69) is 6.92 Å². The molecule has 0 fully saturated rings. The van der Waals surface area contributed by atoms with Crippen molar-refractivity contribution in [2.24, 2.45) is 0 Å². The molecule has 6 nitrogen and oxygen atoms in total. The maximum atomic E-state index is 10.8. The van der Waals surface area contributed by atoms with Gasteiger partial charge in [0, 0.05) is 11.6 Å². The summed E-state index contributed by atoms with van der Waals surface area (Å²) in [5.41, 5.74) is 1.23. The molecule has 1 rings (SSSR count). The first kappa shape index (κ1) is 18.0. The molecule has 0 unspecified atom stereocenters. The first-order valence-electron chi connectivity index (χ1n) is 7.28. The fraction of sp³-hybridized carbons (Fsp3) is 0.500. The minimum atomic E-state index is -0.642. The zero-order valence-corrected chi connectivity index (χ0v) is 13.3. The molecule has 0 heterocycles. The van der Waals surface area contributed by atoms with Crippen LogP contribution in [0.5, 0.6) is 11.5 Å². The van der Waals surface area contributed by atoms with Crippen LogP contribution in [0, 0.1) is 10.1 Å². The Morgan fingerprint density at radius 1 is 1.27 bits per heavy atom. The molecule has 0 bridgehead atoms. The standard InChI is InChI=1S/C16H23NO5/c1-4-5-6-7-12-9-16(22-3)13(10-15(12)21-2)8-14(11-18)17(19)20/h8-10,18H,4-7,11H2,1-3H3/b14-8+. The van der Waals surface area contributed by atoms with Crippen LogP contribution in [-0.2, 0) is 6.42 Å².